The number of para-hydroxylation sites is 1. The van der Waals surface area contributed by atoms with E-state index in [0.29, 0.717) is 25.3 Å². The van der Waals surface area contributed by atoms with Gasteiger partial charge in [-0.15, -0.1) is 0 Å². The number of carbonyl (C=O) groups excluding carboxylic acids is 2. The molecule has 1 heterocycles. The molecule has 7 nitrogen and oxygen atoms in total. The maximum atomic E-state index is 12.8. The van der Waals surface area contributed by atoms with Gasteiger partial charge in [0.1, 0.15) is 5.75 Å². The van der Waals surface area contributed by atoms with Crippen LogP contribution >= 0.6 is 0 Å². The van der Waals surface area contributed by atoms with Crippen molar-refractivity contribution in [2.24, 2.45) is 0 Å². The highest BCUT2D eigenvalue weighted by molar-refractivity contribution is 5.92. The van der Waals surface area contributed by atoms with Crippen LogP contribution in [0.3, 0.4) is 0 Å². The number of piperazine rings is 1. The first-order valence-corrected chi connectivity index (χ1v) is 9.33. The number of anilines is 1. The quantitative estimate of drug-likeness (QED) is 0.741. The van der Waals surface area contributed by atoms with Crippen LogP contribution in [-0.4, -0.2) is 50.1 Å². The summed E-state index contributed by atoms with van der Waals surface area (Å²) in [5.74, 6) is 0.621. The third kappa shape index (κ3) is 4.80. The zero-order chi connectivity index (χ0) is 19.9. The van der Waals surface area contributed by atoms with Gasteiger partial charge in [-0.05, 0) is 30.7 Å². The summed E-state index contributed by atoms with van der Waals surface area (Å²) in [7, 11) is 1.62. The van der Waals surface area contributed by atoms with Gasteiger partial charge in [0, 0.05) is 30.9 Å². The number of ether oxygens (including phenoxy) is 1. The van der Waals surface area contributed by atoms with Crippen LogP contribution in [0, 0.1) is 6.92 Å². The van der Waals surface area contributed by atoms with Crippen molar-refractivity contribution in [1.29, 1.82) is 0 Å². The monoisotopic (exact) mass is 382 g/mol. The van der Waals surface area contributed by atoms with Crippen molar-refractivity contribution in [3.05, 3.63) is 59.7 Å². The van der Waals surface area contributed by atoms with E-state index in [4.69, 9.17) is 4.74 Å². The van der Waals surface area contributed by atoms with Crippen LogP contribution in [0.1, 0.15) is 17.2 Å². The molecule has 1 aliphatic heterocycles. The molecule has 2 aromatic carbocycles. The number of amides is 3. The minimum atomic E-state index is -0.400. The van der Waals surface area contributed by atoms with Crippen LogP contribution in [0.15, 0.2) is 48.5 Å². The van der Waals surface area contributed by atoms with Crippen LogP contribution in [-0.2, 0) is 4.79 Å². The topological polar surface area (TPSA) is 82.7 Å². The van der Waals surface area contributed by atoms with Gasteiger partial charge in [-0.25, -0.2) is 4.79 Å². The number of hydrogen-bond acceptors (Lipinski definition) is 4. The van der Waals surface area contributed by atoms with Crippen LogP contribution in [0.5, 0.6) is 5.75 Å². The molecule has 1 aliphatic rings. The fourth-order valence-corrected chi connectivity index (χ4v) is 3.38. The van der Waals surface area contributed by atoms with Gasteiger partial charge in [0.25, 0.3) is 0 Å². The number of aryl methyl sites for hydroxylation is 1. The lowest BCUT2D eigenvalue weighted by Gasteiger charge is -2.37. The Labute approximate surface area is 165 Å². The van der Waals surface area contributed by atoms with Gasteiger partial charge >= 0.3 is 6.03 Å². The molecule has 3 N–H and O–H groups in total. The molecule has 0 bridgehead atoms. The van der Waals surface area contributed by atoms with Gasteiger partial charge in [0.05, 0.1) is 19.7 Å². The van der Waals surface area contributed by atoms with Crippen molar-refractivity contribution in [2.45, 2.75) is 13.0 Å². The molecular weight excluding hydrogens is 356 g/mol. The number of nitrogens with one attached hydrogen (secondary N) is 3. The van der Waals surface area contributed by atoms with Crippen molar-refractivity contribution in [1.82, 2.24) is 15.5 Å². The SMILES string of the molecule is COc1ccccc1C1CNCCN1C(=O)CNC(=O)Nc1cccc(C)c1. The van der Waals surface area contributed by atoms with Gasteiger partial charge in [-0.2, -0.15) is 0 Å². The Balaban J connectivity index is 1.62. The number of methoxy groups -OCH3 is 1. The maximum Gasteiger partial charge on any atom is 0.319 e. The number of urea groups is 1. The molecule has 7 heteroatoms. The first kappa shape index (κ1) is 19.7. The smallest absolute Gasteiger partial charge is 0.319 e. The highest BCUT2D eigenvalue weighted by atomic mass is 16.5. The molecule has 0 spiro atoms. The predicted octanol–water partition coefficient (Wildman–Crippen LogP) is 2.30. The van der Waals surface area contributed by atoms with Gasteiger partial charge in [-0.3, -0.25) is 4.79 Å². The Bertz CT molecular complexity index is 840. The van der Waals surface area contributed by atoms with E-state index in [-0.39, 0.29) is 18.5 Å². The predicted molar refractivity (Wildman–Crippen MR) is 109 cm³/mol. The van der Waals surface area contributed by atoms with E-state index >= 15 is 0 Å². The summed E-state index contributed by atoms with van der Waals surface area (Å²) in [5, 5.41) is 8.73. The Morgan fingerprint density at radius 3 is 2.82 bits per heavy atom. The van der Waals surface area contributed by atoms with E-state index in [9.17, 15) is 9.59 Å². The van der Waals surface area contributed by atoms with Crippen molar-refractivity contribution < 1.29 is 14.3 Å². The Morgan fingerprint density at radius 1 is 1.21 bits per heavy atom. The Morgan fingerprint density at radius 2 is 2.04 bits per heavy atom. The highest BCUT2D eigenvalue weighted by Crippen LogP contribution is 2.30. The normalized spacial score (nSPS) is 16.4. The van der Waals surface area contributed by atoms with Crippen LogP contribution in [0.25, 0.3) is 0 Å². The average Bonchev–Trinajstić information content (AvgIpc) is 2.72. The molecule has 1 unspecified atom stereocenters. The minimum Gasteiger partial charge on any atom is -0.496 e. The summed E-state index contributed by atoms with van der Waals surface area (Å²) in [5.41, 5.74) is 2.70. The lowest BCUT2D eigenvalue weighted by Crippen LogP contribution is -2.51. The molecule has 1 atom stereocenters. The fraction of sp³-hybridized carbons (Fsp3) is 0.333. The number of carbonyl (C=O) groups is 2. The maximum absolute atomic E-state index is 12.8. The van der Waals surface area contributed by atoms with E-state index in [1.807, 2.05) is 55.5 Å². The lowest BCUT2D eigenvalue weighted by molar-refractivity contribution is -0.133. The molecule has 1 saturated heterocycles. The molecule has 0 radical (unpaired) electrons. The van der Waals surface area contributed by atoms with E-state index in [2.05, 4.69) is 16.0 Å². The second kappa shape index (κ2) is 9.23. The largest absolute Gasteiger partial charge is 0.496 e. The van der Waals surface area contributed by atoms with E-state index in [1.54, 1.807) is 12.0 Å². The van der Waals surface area contributed by atoms with Crippen LogP contribution < -0.4 is 20.7 Å². The second-order valence-electron chi connectivity index (χ2n) is 6.73. The third-order valence-corrected chi connectivity index (χ3v) is 4.74. The molecule has 1 fully saturated rings. The first-order valence-electron chi connectivity index (χ1n) is 9.33. The summed E-state index contributed by atoms with van der Waals surface area (Å²) < 4.78 is 5.46. The van der Waals surface area contributed by atoms with Gasteiger partial charge in [-0.1, -0.05) is 30.3 Å². The standard InChI is InChI=1S/C21H26N4O3/c1-15-6-5-7-16(12-15)24-21(27)23-14-20(26)25-11-10-22-13-18(25)17-8-3-4-9-19(17)28-2/h3-9,12,18,22H,10-11,13-14H2,1-2H3,(H2,23,24,27). The lowest BCUT2D eigenvalue weighted by atomic mass is 10.0. The Hall–Kier alpha value is -3.06. The third-order valence-electron chi connectivity index (χ3n) is 4.74. The summed E-state index contributed by atoms with van der Waals surface area (Å²) in [6.45, 7) is 3.81. The number of rotatable bonds is 5. The van der Waals surface area contributed by atoms with Gasteiger partial charge in [0.2, 0.25) is 5.91 Å². The van der Waals surface area contributed by atoms with Gasteiger partial charge < -0.3 is 25.6 Å². The molecule has 148 valence electrons. The van der Waals surface area contributed by atoms with Crippen molar-refractivity contribution in [3.63, 3.8) is 0 Å². The first-order chi connectivity index (χ1) is 13.6. The van der Waals surface area contributed by atoms with Gasteiger partial charge in [0.15, 0.2) is 0 Å². The average molecular weight is 382 g/mol. The molecular formula is C21H26N4O3. The van der Waals surface area contributed by atoms with Crippen molar-refractivity contribution in [2.75, 3.05) is 38.6 Å². The second-order valence-corrected chi connectivity index (χ2v) is 6.73. The highest BCUT2D eigenvalue weighted by Gasteiger charge is 2.29. The zero-order valence-electron chi connectivity index (χ0n) is 16.2. The van der Waals surface area contributed by atoms with Crippen molar-refractivity contribution in [3.8, 4) is 5.75 Å². The number of nitrogens with zero attached hydrogens (tertiary/aromatic N) is 1. The molecule has 0 aliphatic carbocycles. The van der Waals surface area contributed by atoms with Crippen molar-refractivity contribution >= 4 is 17.6 Å². The molecule has 3 amide bonds. The molecule has 28 heavy (non-hydrogen) atoms. The summed E-state index contributed by atoms with van der Waals surface area (Å²) in [4.78, 5) is 26.7. The summed E-state index contributed by atoms with van der Waals surface area (Å²) >= 11 is 0. The number of benzene rings is 2. The summed E-state index contributed by atoms with van der Waals surface area (Å²) in [6.07, 6.45) is 0. The molecule has 0 aromatic heterocycles. The fourth-order valence-electron chi connectivity index (χ4n) is 3.38. The molecule has 3 rings (SSSR count). The zero-order valence-corrected chi connectivity index (χ0v) is 16.2. The number of hydrogen-bond donors (Lipinski definition) is 3. The molecule has 0 saturated carbocycles. The van der Waals surface area contributed by atoms with Crippen LogP contribution in [0.4, 0.5) is 10.5 Å². The van der Waals surface area contributed by atoms with Crippen LogP contribution in [0.2, 0.25) is 0 Å². The summed E-state index contributed by atoms with van der Waals surface area (Å²) in [6, 6.07) is 14.7. The minimum absolute atomic E-state index is 0.0662. The van der Waals surface area contributed by atoms with E-state index < -0.39 is 6.03 Å². The van der Waals surface area contributed by atoms with E-state index in [0.717, 1.165) is 16.9 Å². The molecule has 2 aromatic rings. The Kier molecular flexibility index (Phi) is 6.49. The van der Waals surface area contributed by atoms with E-state index in [1.165, 1.54) is 0 Å².